The van der Waals surface area contributed by atoms with Crippen LogP contribution in [0.25, 0.3) is 0 Å². The number of carboxylic acid groups (broad SMARTS) is 1. The zero-order chi connectivity index (χ0) is 12.1. The van der Waals surface area contributed by atoms with Gasteiger partial charge in [-0.05, 0) is 19.1 Å². The first kappa shape index (κ1) is 12.3. The van der Waals surface area contributed by atoms with E-state index in [4.69, 9.17) is 15.6 Å². The molecule has 4 N–H and O–H groups in total. The molecule has 0 saturated carbocycles. The summed E-state index contributed by atoms with van der Waals surface area (Å²) in [4.78, 5) is 11.0. The lowest BCUT2D eigenvalue weighted by Gasteiger charge is -2.15. The molecule has 1 unspecified atom stereocenters. The van der Waals surface area contributed by atoms with Crippen molar-refractivity contribution in [3.63, 3.8) is 0 Å². The molecule has 0 amide bonds. The number of nitrogens with two attached hydrogens (primary N) is 1. The lowest BCUT2D eigenvalue weighted by molar-refractivity contribution is 0.0697. The van der Waals surface area contributed by atoms with Crippen molar-refractivity contribution in [2.45, 2.75) is 13.0 Å². The summed E-state index contributed by atoms with van der Waals surface area (Å²) in [6.07, 6.45) is -0.0127. The van der Waals surface area contributed by atoms with Crippen LogP contribution in [0.4, 0.5) is 11.4 Å². The highest BCUT2D eigenvalue weighted by molar-refractivity contribution is 5.97. The highest BCUT2D eigenvalue weighted by atomic mass is 16.5. The number of para-hydroxylation sites is 1. The van der Waals surface area contributed by atoms with Crippen LogP contribution in [0.5, 0.6) is 0 Å². The van der Waals surface area contributed by atoms with Gasteiger partial charge in [0.15, 0.2) is 0 Å². The van der Waals surface area contributed by atoms with Gasteiger partial charge in [-0.3, -0.25) is 0 Å². The van der Waals surface area contributed by atoms with E-state index in [1.54, 1.807) is 19.2 Å². The second-order valence-electron chi connectivity index (χ2n) is 3.50. The largest absolute Gasteiger partial charge is 0.478 e. The maximum Gasteiger partial charge on any atom is 0.337 e. The van der Waals surface area contributed by atoms with Gasteiger partial charge in [0.25, 0.3) is 0 Å². The van der Waals surface area contributed by atoms with Crippen molar-refractivity contribution in [3.8, 4) is 0 Å². The van der Waals surface area contributed by atoms with Crippen LogP contribution in [0, 0.1) is 0 Å². The van der Waals surface area contributed by atoms with Crippen molar-refractivity contribution in [2.75, 3.05) is 24.7 Å². The Balaban J connectivity index is 2.88. The molecule has 0 aromatic heterocycles. The summed E-state index contributed by atoms with van der Waals surface area (Å²) in [6.45, 7) is 2.39. The van der Waals surface area contributed by atoms with Gasteiger partial charge in [-0.2, -0.15) is 0 Å². The zero-order valence-corrected chi connectivity index (χ0v) is 9.36. The summed E-state index contributed by atoms with van der Waals surface area (Å²) < 4.78 is 5.06. The Hall–Kier alpha value is -1.75. The van der Waals surface area contributed by atoms with Crippen molar-refractivity contribution in [1.82, 2.24) is 0 Å². The third-order valence-corrected chi connectivity index (χ3v) is 2.30. The maximum atomic E-state index is 11.0. The number of aromatic carboxylic acids is 1. The standard InChI is InChI=1S/C11H16N2O3/c1-7(16-2)6-13-10-8(11(14)15)4-3-5-9(10)12/h3-5,7,13H,6,12H2,1-2H3,(H,14,15). The Morgan fingerprint density at radius 1 is 1.62 bits per heavy atom. The fourth-order valence-corrected chi connectivity index (χ4v) is 1.27. The summed E-state index contributed by atoms with van der Waals surface area (Å²) in [5, 5.41) is 12.0. The molecule has 1 aromatic carbocycles. The van der Waals surface area contributed by atoms with E-state index in [0.29, 0.717) is 17.9 Å². The predicted octanol–water partition coefficient (Wildman–Crippen LogP) is 1.41. The van der Waals surface area contributed by atoms with Crippen molar-refractivity contribution in [1.29, 1.82) is 0 Å². The lowest BCUT2D eigenvalue weighted by Crippen LogP contribution is -2.20. The Morgan fingerprint density at radius 2 is 2.31 bits per heavy atom. The third-order valence-electron chi connectivity index (χ3n) is 2.30. The third kappa shape index (κ3) is 2.87. The Bertz CT molecular complexity index is 379. The summed E-state index contributed by atoms with van der Waals surface area (Å²) in [7, 11) is 1.60. The lowest BCUT2D eigenvalue weighted by atomic mass is 10.1. The number of hydrogen-bond acceptors (Lipinski definition) is 4. The molecular weight excluding hydrogens is 208 g/mol. The number of benzene rings is 1. The SMILES string of the molecule is COC(C)CNc1c(N)cccc1C(=O)O. The number of hydrogen-bond donors (Lipinski definition) is 3. The first-order valence-corrected chi connectivity index (χ1v) is 4.94. The molecule has 0 aliphatic heterocycles. The van der Waals surface area contributed by atoms with Crippen LogP contribution >= 0.6 is 0 Å². The molecule has 88 valence electrons. The van der Waals surface area contributed by atoms with E-state index >= 15 is 0 Å². The average Bonchev–Trinajstić information content (AvgIpc) is 2.26. The topological polar surface area (TPSA) is 84.6 Å². The second-order valence-corrected chi connectivity index (χ2v) is 3.50. The van der Waals surface area contributed by atoms with E-state index in [-0.39, 0.29) is 11.7 Å². The van der Waals surface area contributed by atoms with E-state index in [1.807, 2.05) is 6.92 Å². The van der Waals surface area contributed by atoms with Gasteiger partial charge in [-0.1, -0.05) is 6.07 Å². The van der Waals surface area contributed by atoms with E-state index in [2.05, 4.69) is 5.32 Å². The number of nitrogen functional groups attached to an aromatic ring is 1. The Morgan fingerprint density at radius 3 is 2.88 bits per heavy atom. The fourth-order valence-electron chi connectivity index (χ4n) is 1.27. The fraction of sp³-hybridized carbons (Fsp3) is 0.364. The number of rotatable bonds is 5. The number of methoxy groups -OCH3 is 1. The molecule has 16 heavy (non-hydrogen) atoms. The van der Waals surface area contributed by atoms with Crippen LogP contribution in [-0.2, 0) is 4.74 Å². The highest BCUT2D eigenvalue weighted by Gasteiger charge is 2.12. The van der Waals surface area contributed by atoms with Crippen LogP contribution in [0.3, 0.4) is 0 Å². The first-order valence-electron chi connectivity index (χ1n) is 4.94. The minimum Gasteiger partial charge on any atom is -0.478 e. The number of carboxylic acids is 1. The molecule has 5 heteroatoms. The normalized spacial score (nSPS) is 12.1. The quantitative estimate of drug-likeness (QED) is 0.658. The second kappa shape index (κ2) is 5.37. The molecule has 1 rings (SSSR count). The molecule has 0 heterocycles. The molecule has 0 aliphatic rings. The van der Waals surface area contributed by atoms with Gasteiger partial charge in [0, 0.05) is 13.7 Å². The summed E-state index contributed by atoms with van der Waals surface area (Å²) >= 11 is 0. The summed E-state index contributed by atoms with van der Waals surface area (Å²) in [6, 6.07) is 4.79. The van der Waals surface area contributed by atoms with E-state index in [0.717, 1.165) is 0 Å². The average molecular weight is 224 g/mol. The molecule has 0 saturated heterocycles. The van der Waals surface area contributed by atoms with Gasteiger partial charge < -0.3 is 20.9 Å². The molecular formula is C11H16N2O3. The monoisotopic (exact) mass is 224 g/mol. The van der Waals surface area contributed by atoms with E-state index in [9.17, 15) is 4.79 Å². The maximum absolute atomic E-state index is 11.0. The van der Waals surface area contributed by atoms with Crippen LogP contribution in [0.2, 0.25) is 0 Å². The van der Waals surface area contributed by atoms with E-state index in [1.165, 1.54) is 6.07 Å². The summed E-state index contributed by atoms with van der Waals surface area (Å²) in [5.41, 5.74) is 6.75. The molecule has 0 aliphatic carbocycles. The minimum atomic E-state index is -1.00. The number of carbonyl (C=O) groups is 1. The highest BCUT2D eigenvalue weighted by Crippen LogP contribution is 2.23. The smallest absolute Gasteiger partial charge is 0.337 e. The van der Waals surface area contributed by atoms with Crippen molar-refractivity contribution < 1.29 is 14.6 Å². The van der Waals surface area contributed by atoms with Crippen LogP contribution in [0.1, 0.15) is 17.3 Å². The van der Waals surface area contributed by atoms with Crippen molar-refractivity contribution >= 4 is 17.3 Å². The molecule has 5 nitrogen and oxygen atoms in total. The van der Waals surface area contributed by atoms with Gasteiger partial charge in [0.1, 0.15) is 0 Å². The van der Waals surface area contributed by atoms with Crippen molar-refractivity contribution in [2.24, 2.45) is 0 Å². The molecule has 1 aromatic rings. The van der Waals surface area contributed by atoms with Crippen LogP contribution in [0.15, 0.2) is 18.2 Å². The first-order chi connectivity index (χ1) is 7.56. The number of nitrogens with one attached hydrogen (secondary N) is 1. The molecule has 0 spiro atoms. The van der Waals surface area contributed by atoms with Crippen LogP contribution in [-0.4, -0.2) is 30.8 Å². The van der Waals surface area contributed by atoms with Crippen molar-refractivity contribution in [3.05, 3.63) is 23.8 Å². The number of ether oxygens (including phenoxy) is 1. The molecule has 1 atom stereocenters. The Labute approximate surface area is 94.2 Å². The van der Waals surface area contributed by atoms with Gasteiger partial charge in [0.05, 0.1) is 23.0 Å². The zero-order valence-electron chi connectivity index (χ0n) is 9.36. The number of anilines is 2. The minimum absolute atomic E-state index is 0.0127. The predicted molar refractivity (Wildman–Crippen MR) is 62.8 cm³/mol. The van der Waals surface area contributed by atoms with Gasteiger partial charge in [-0.25, -0.2) is 4.79 Å². The van der Waals surface area contributed by atoms with Gasteiger partial charge in [0.2, 0.25) is 0 Å². The molecule has 0 radical (unpaired) electrons. The van der Waals surface area contributed by atoms with Crippen LogP contribution < -0.4 is 11.1 Å². The summed E-state index contributed by atoms with van der Waals surface area (Å²) in [5.74, 6) is -1.00. The van der Waals surface area contributed by atoms with Gasteiger partial charge >= 0.3 is 5.97 Å². The molecule has 0 fully saturated rings. The molecule has 0 bridgehead atoms. The van der Waals surface area contributed by atoms with Gasteiger partial charge in [-0.15, -0.1) is 0 Å². The Kier molecular flexibility index (Phi) is 4.13. The van der Waals surface area contributed by atoms with E-state index < -0.39 is 5.97 Å².